The van der Waals surface area contributed by atoms with Crippen LogP contribution in [0, 0.1) is 5.92 Å². The number of hydrogen-bond donors (Lipinski definition) is 1. The molecule has 1 N–H and O–H groups in total. The third kappa shape index (κ3) is 2.43. The molecule has 3 heterocycles. The quantitative estimate of drug-likeness (QED) is 0.846. The van der Waals surface area contributed by atoms with Crippen molar-refractivity contribution in [3.63, 3.8) is 0 Å². The lowest BCUT2D eigenvalue weighted by Crippen LogP contribution is -2.33. The van der Waals surface area contributed by atoms with E-state index in [-0.39, 0.29) is 17.1 Å². The van der Waals surface area contributed by atoms with Crippen molar-refractivity contribution in [2.24, 2.45) is 13.0 Å². The Morgan fingerprint density at radius 2 is 1.96 bits per heavy atom. The monoisotopic (exact) mass is 347 g/mol. The predicted molar refractivity (Wildman–Crippen MR) is 92.3 cm³/mol. The van der Waals surface area contributed by atoms with E-state index in [1.165, 1.54) is 0 Å². The molecular formula is C17H21N3O3S. The summed E-state index contributed by atoms with van der Waals surface area (Å²) in [6, 6.07) is 7.85. The number of nitrogens with zero attached hydrogens (tertiary/aromatic N) is 2. The van der Waals surface area contributed by atoms with E-state index in [1.54, 1.807) is 0 Å². The topological polar surface area (TPSA) is 71.4 Å². The van der Waals surface area contributed by atoms with Crippen molar-refractivity contribution in [1.82, 2.24) is 14.2 Å². The molecule has 2 aromatic rings. The number of para-hydroxylation sites is 1. The van der Waals surface area contributed by atoms with Gasteiger partial charge >= 0.3 is 0 Å². The van der Waals surface area contributed by atoms with Gasteiger partial charge in [0.2, 0.25) is 10.0 Å². The van der Waals surface area contributed by atoms with Crippen molar-refractivity contribution in [3.8, 4) is 0 Å². The van der Waals surface area contributed by atoms with Crippen molar-refractivity contribution in [2.45, 2.75) is 18.1 Å². The number of carbonyl (C=O) groups excluding carboxylic acids is 1. The van der Waals surface area contributed by atoms with Gasteiger partial charge in [-0.15, -0.1) is 0 Å². The Balaban J connectivity index is 1.61. The zero-order chi connectivity index (χ0) is 16.9. The van der Waals surface area contributed by atoms with Crippen LogP contribution in [0.2, 0.25) is 0 Å². The Morgan fingerprint density at radius 3 is 2.79 bits per heavy atom. The summed E-state index contributed by atoms with van der Waals surface area (Å²) in [6.07, 6.45) is 3.11. The maximum absolute atomic E-state index is 13.0. The standard InChI is InChI=1S/C17H21N3O3S/c1-19-11-14(13-4-2-3-5-15(13)19)17(21)20-8-6-12-10-18-24(22,23)16(12)7-9-20/h2-5,11-12,16,18H,6-10H2,1H3/t12-,16+/m1/s1. The van der Waals surface area contributed by atoms with E-state index < -0.39 is 10.0 Å². The molecule has 24 heavy (non-hydrogen) atoms. The smallest absolute Gasteiger partial charge is 0.256 e. The normalized spacial score (nSPS) is 26.3. The number of rotatable bonds is 1. The van der Waals surface area contributed by atoms with Crippen molar-refractivity contribution in [2.75, 3.05) is 19.6 Å². The minimum Gasteiger partial charge on any atom is -0.350 e. The molecule has 0 spiro atoms. The summed E-state index contributed by atoms with van der Waals surface area (Å²) in [7, 11) is -1.27. The molecule has 128 valence electrons. The van der Waals surface area contributed by atoms with Gasteiger partial charge in [0.15, 0.2) is 0 Å². The molecule has 0 radical (unpaired) electrons. The Kier molecular flexibility index (Phi) is 3.65. The summed E-state index contributed by atoms with van der Waals surface area (Å²) in [6.45, 7) is 1.61. The number of likely N-dealkylation sites (tertiary alicyclic amines) is 1. The van der Waals surface area contributed by atoms with Crippen molar-refractivity contribution in [3.05, 3.63) is 36.0 Å². The largest absolute Gasteiger partial charge is 0.350 e. The van der Waals surface area contributed by atoms with Crippen LogP contribution in [0.15, 0.2) is 30.5 Å². The van der Waals surface area contributed by atoms with Gasteiger partial charge in [0.1, 0.15) is 0 Å². The first kappa shape index (κ1) is 15.7. The van der Waals surface area contributed by atoms with Gasteiger partial charge in [-0.25, -0.2) is 13.1 Å². The Hall–Kier alpha value is -1.86. The summed E-state index contributed by atoms with van der Waals surface area (Å²) < 4.78 is 28.7. The Bertz CT molecular complexity index is 903. The summed E-state index contributed by atoms with van der Waals surface area (Å²) in [5.41, 5.74) is 1.72. The van der Waals surface area contributed by atoms with Gasteiger partial charge in [-0.05, 0) is 24.8 Å². The Morgan fingerprint density at radius 1 is 1.21 bits per heavy atom. The van der Waals surface area contributed by atoms with Crippen LogP contribution in [0.1, 0.15) is 23.2 Å². The predicted octanol–water partition coefficient (Wildman–Crippen LogP) is 1.33. The van der Waals surface area contributed by atoms with Gasteiger partial charge in [-0.1, -0.05) is 18.2 Å². The zero-order valence-corrected chi connectivity index (χ0v) is 14.4. The first-order chi connectivity index (χ1) is 11.5. The van der Waals surface area contributed by atoms with Crippen LogP contribution in [0.4, 0.5) is 0 Å². The molecule has 2 atom stereocenters. The third-order valence-electron chi connectivity index (χ3n) is 5.34. The number of hydrogen-bond acceptors (Lipinski definition) is 3. The van der Waals surface area contributed by atoms with Gasteiger partial charge in [0.25, 0.3) is 5.91 Å². The maximum Gasteiger partial charge on any atom is 0.256 e. The van der Waals surface area contributed by atoms with Gasteiger partial charge in [-0.3, -0.25) is 4.79 Å². The van der Waals surface area contributed by atoms with Crippen LogP contribution < -0.4 is 4.72 Å². The first-order valence-corrected chi connectivity index (χ1v) is 9.84. The van der Waals surface area contributed by atoms with E-state index in [2.05, 4.69) is 4.72 Å². The van der Waals surface area contributed by atoms with Gasteiger partial charge in [-0.2, -0.15) is 0 Å². The number of amides is 1. The average Bonchev–Trinajstić information content (AvgIpc) is 2.94. The van der Waals surface area contributed by atoms with Crippen LogP contribution in [-0.2, 0) is 17.1 Å². The highest BCUT2D eigenvalue weighted by molar-refractivity contribution is 7.90. The number of benzene rings is 1. The number of nitrogens with one attached hydrogen (secondary N) is 1. The lowest BCUT2D eigenvalue weighted by Gasteiger charge is -2.20. The van der Waals surface area contributed by atoms with Crippen LogP contribution in [0.5, 0.6) is 0 Å². The third-order valence-corrected chi connectivity index (χ3v) is 7.33. The van der Waals surface area contributed by atoms with Crippen LogP contribution in [-0.4, -0.2) is 48.7 Å². The molecule has 1 aromatic heterocycles. The second-order valence-electron chi connectivity index (χ2n) is 6.73. The van der Waals surface area contributed by atoms with Gasteiger partial charge in [0, 0.05) is 43.8 Å². The molecule has 0 aliphatic carbocycles. The SMILES string of the molecule is Cn1cc(C(=O)N2CC[C@@H]3CNS(=O)(=O)[C@H]3CC2)c2ccccc21. The first-order valence-electron chi connectivity index (χ1n) is 8.29. The van der Waals surface area contributed by atoms with E-state index >= 15 is 0 Å². The van der Waals surface area contributed by atoms with Crippen LogP contribution in [0.3, 0.4) is 0 Å². The molecule has 2 fully saturated rings. The van der Waals surface area contributed by atoms with Gasteiger partial charge < -0.3 is 9.47 Å². The molecule has 6 nitrogen and oxygen atoms in total. The second-order valence-corrected chi connectivity index (χ2v) is 8.72. The number of carbonyl (C=O) groups is 1. The molecule has 0 saturated carbocycles. The van der Waals surface area contributed by atoms with E-state index in [4.69, 9.17) is 0 Å². The van der Waals surface area contributed by atoms with Crippen LogP contribution in [0.25, 0.3) is 10.9 Å². The summed E-state index contributed by atoms with van der Waals surface area (Å²) >= 11 is 0. The minimum absolute atomic E-state index is 0.00266. The molecule has 2 saturated heterocycles. The number of aryl methyl sites for hydroxylation is 1. The van der Waals surface area contributed by atoms with E-state index in [0.29, 0.717) is 31.6 Å². The molecular weight excluding hydrogens is 326 g/mol. The fourth-order valence-corrected chi connectivity index (χ4v) is 5.81. The molecule has 2 aliphatic heterocycles. The number of aromatic nitrogens is 1. The molecule has 0 unspecified atom stereocenters. The van der Waals surface area contributed by atoms with Crippen molar-refractivity contribution >= 4 is 26.8 Å². The molecule has 1 amide bonds. The van der Waals surface area contributed by atoms with E-state index in [0.717, 1.165) is 17.3 Å². The fraction of sp³-hybridized carbons (Fsp3) is 0.471. The second kappa shape index (κ2) is 5.60. The number of fused-ring (bicyclic) bond motifs is 2. The van der Waals surface area contributed by atoms with E-state index in [9.17, 15) is 13.2 Å². The van der Waals surface area contributed by atoms with E-state index in [1.807, 2.05) is 47.0 Å². The average molecular weight is 347 g/mol. The number of sulfonamides is 1. The lowest BCUT2D eigenvalue weighted by atomic mass is 10.0. The molecule has 0 bridgehead atoms. The lowest BCUT2D eigenvalue weighted by molar-refractivity contribution is 0.0761. The Labute approximate surface area is 141 Å². The van der Waals surface area contributed by atoms with Crippen molar-refractivity contribution in [1.29, 1.82) is 0 Å². The maximum atomic E-state index is 13.0. The molecule has 4 rings (SSSR count). The molecule has 2 aliphatic rings. The molecule has 7 heteroatoms. The highest BCUT2D eigenvalue weighted by Crippen LogP contribution is 2.29. The minimum atomic E-state index is -3.21. The molecule has 1 aromatic carbocycles. The summed E-state index contributed by atoms with van der Waals surface area (Å²) in [5, 5.41) is 0.589. The van der Waals surface area contributed by atoms with Crippen molar-refractivity contribution < 1.29 is 13.2 Å². The summed E-state index contributed by atoms with van der Waals surface area (Å²) in [4.78, 5) is 14.8. The zero-order valence-electron chi connectivity index (χ0n) is 13.6. The fourth-order valence-electron chi connectivity index (χ4n) is 4.00. The summed E-state index contributed by atoms with van der Waals surface area (Å²) in [5.74, 6) is 0.109. The van der Waals surface area contributed by atoms with Crippen LogP contribution >= 0.6 is 0 Å². The highest BCUT2D eigenvalue weighted by atomic mass is 32.2. The van der Waals surface area contributed by atoms with Gasteiger partial charge in [0.05, 0.1) is 10.8 Å². The highest BCUT2D eigenvalue weighted by Gasteiger charge is 2.42.